The van der Waals surface area contributed by atoms with E-state index in [1.807, 2.05) is 66.7 Å². The van der Waals surface area contributed by atoms with Crippen LogP contribution < -0.4 is 5.32 Å². The molecule has 1 aliphatic rings. The van der Waals surface area contributed by atoms with Crippen LogP contribution >= 0.6 is 0 Å². The summed E-state index contributed by atoms with van der Waals surface area (Å²) >= 11 is 0. The van der Waals surface area contributed by atoms with Gasteiger partial charge in [0.25, 0.3) is 5.91 Å². The summed E-state index contributed by atoms with van der Waals surface area (Å²) in [6.07, 6.45) is -0.715. The number of nitrogens with one attached hydrogen (secondary N) is 1. The zero-order chi connectivity index (χ0) is 29.7. The number of benzene rings is 3. The van der Waals surface area contributed by atoms with Gasteiger partial charge in [-0.25, -0.2) is 14.7 Å². The number of nitrogens with zero attached hydrogens (tertiary/aromatic N) is 1. The van der Waals surface area contributed by atoms with Gasteiger partial charge in [0.2, 0.25) is 0 Å². The monoisotopic (exact) mass is 558 g/mol. The Morgan fingerprint density at radius 2 is 1.41 bits per heavy atom. The van der Waals surface area contributed by atoms with Crippen LogP contribution in [0.1, 0.15) is 57.2 Å². The van der Waals surface area contributed by atoms with Crippen molar-refractivity contribution in [2.45, 2.75) is 64.6 Å². The lowest BCUT2D eigenvalue weighted by atomic mass is 9.98. The lowest BCUT2D eigenvalue weighted by Crippen LogP contribution is -2.55. The van der Waals surface area contributed by atoms with Crippen LogP contribution in [0, 0.1) is 5.92 Å². The fourth-order valence-electron chi connectivity index (χ4n) is 5.15. The molecule has 3 aromatic rings. The van der Waals surface area contributed by atoms with Gasteiger partial charge in [-0.3, -0.25) is 10.0 Å². The lowest BCUT2D eigenvalue weighted by Gasteiger charge is -2.32. The molecule has 0 aliphatic heterocycles. The van der Waals surface area contributed by atoms with Crippen molar-refractivity contribution in [2.75, 3.05) is 6.61 Å². The maximum atomic E-state index is 13.6. The summed E-state index contributed by atoms with van der Waals surface area (Å²) in [5.74, 6) is -2.18. The molecule has 0 aromatic heterocycles. The second-order valence-electron chi connectivity index (χ2n) is 11.6. The van der Waals surface area contributed by atoms with Gasteiger partial charge in [0.15, 0.2) is 6.04 Å². The molecular formula is C33H38N2O6. The third-order valence-electron chi connectivity index (χ3n) is 6.99. The molecule has 0 saturated carbocycles. The number of alkyl carbamates (subject to hydrolysis) is 1. The lowest BCUT2D eigenvalue weighted by molar-refractivity contribution is -0.199. The Hall–Kier alpha value is -4.17. The van der Waals surface area contributed by atoms with Crippen LogP contribution in [0.3, 0.4) is 0 Å². The maximum absolute atomic E-state index is 13.6. The zero-order valence-electron chi connectivity index (χ0n) is 24.2. The molecule has 2 atom stereocenters. The van der Waals surface area contributed by atoms with E-state index >= 15 is 0 Å². The number of hydrogen-bond donors (Lipinski definition) is 2. The first-order chi connectivity index (χ1) is 19.5. The van der Waals surface area contributed by atoms with Crippen LogP contribution in [0.15, 0.2) is 78.9 Å². The number of carbonyl (C=O) groups excluding carboxylic acids is 3. The Balaban J connectivity index is 1.51. The highest BCUT2D eigenvalue weighted by molar-refractivity contribution is 5.89. The standard InChI is InChI=1S/C33H38N2O6/c1-21(2)29(31(37)41-33(3,4)5)35(39)30(36)28(19-22-13-7-6-8-14-22)34-32(38)40-20-27-25-17-11-9-15-23(25)24-16-10-12-18-26(24)27/h6-18,21,27-29,39H,19-20H2,1-5H3,(H,34,38). The molecule has 2 amide bonds. The minimum atomic E-state index is -1.26. The van der Waals surface area contributed by atoms with Gasteiger partial charge in [-0.2, -0.15) is 0 Å². The number of amides is 2. The first kappa shape index (κ1) is 29.8. The molecule has 3 aromatic carbocycles. The SMILES string of the molecule is CC(C)C(C(=O)OC(C)(C)C)N(O)C(=O)C(Cc1ccccc1)NC(=O)OCC1c2ccccc2-c2ccccc21. The normalized spacial score (nSPS) is 14.0. The summed E-state index contributed by atoms with van der Waals surface area (Å²) in [5, 5.41) is 14.0. The number of hydroxylamine groups is 2. The summed E-state index contributed by atoms with van der Waals surface area (Å²) in [7, 11) is 0. The van der Waals surface area contributed by atoms with E-state index in [9.17, 15) is 19.6 Å². The molecule has 2 unspecified atom stereocenters. The van der Waals surface area contributed by atoms with Gasteiger partial charge in [-0.1, -0.05) is 92.7 Å². The molecule has 41 heavy (non-hydrogen) atoms. The number of rotatable bonds is 9. The van der Waals surface area contributed by atoms with Crippen molar-refractivity contribution < 1.29 is 29.1 Å². The zero-order valence-corrected chi connectivity index (χ0v) is 24.2. The number of hydrogen-bond acceptors (Lipinski definition) is 6. The van der Waals surface area contributed by atoms with Crippen molar-refractivity contribution in [1.29, 1.82) is 0 Å². The smallest absolute Gasteiger partial charge is 0.407 e. The molecule has 0 spiro atoms. The summed E-state index contributed by atoms with van der Waals surface area (Å²) in [6, 6.07) is 22.7. The molecule has 0 radical (unpaired) electrons. The number of fused-ring (bicyclic) bond motifs is 3. The first-order valence-electron chi connectivity index (χ1n) is 13.9. The molecule has 8 heteroatoms. The van der Waals surface area contributed by atoms with Gasteiger partial charge in [-0.05, 0) is 54.5 Å². The Morgan fingerprint density at radius 1 is 0.878 bits per heavy atom. The molecule has 0 bridgehead atoms. The molecule has 2 N–H and O–H groups in total. The topological polar surface area (TPSA) is 105 Å². The largest absolute Gasteiger partial charge is 0.458 e. The Bertz CT molecular complexity index is 1340. The van der Waals surface area contributed by atoms with Gasteiger partial charge in [0.1, 0.15) is 18.2 Å². The fraction of sp³-hybridized carbons (Fsp3) is 0.364. The van der Waals surface area contributed by atoms with E-state index in [-0.39, 0.29) is 18.9 Å². The van der Waals surface area contributed by atoms with Crippen LogP contribution in [0.25, 0.3) is 11.1 Å². The van der Waals surface area contributed by atoms with E-state index in [4.69, 9.17) is 9.47 Å². The molecule has 1 aliphatic carbocycles. The van der Waals surface area contributed by atoms with E-state index in [1.165, 1.54) is 0 Å². The summed E-state index contributed by atoms with van der Waals surface area (Å²) in [6.45, 7) is 8.61. The summed E-state index contributed by atoms with van der Waals surface area (Å²) in [5.41, 5.74) is 4.29. The van der Waals surface area contributed by atoms with E-state index in [0.717, 1.165) is 27.8 Å². The molecule has 0 heterocycles. The van der Waals surface area contributed by atoms with E-state index < -0.39 is 41.6 Å². The number of carbonyl (C=O) groups is 3. The Morgan fingerprint density at radius 3 is 1.95 bits per heavy atom. The van der Waals surface area contributed by atoms with Crippen molar-refractivity contribution >= 4 is 18.0 Å². The van der Waals surface area contributed by atoms with Crippen LogP contribution in [0.4, 0.5) is 4.79 Å². The molecule has 4 rings (SSSR count). The predicted octanol–water partition coefficient (Wildman–Crippen LogP) is 5.72. The summed E-state index contributed by atoms with van der Waals surface area (Å²) in [4.78, 5) is 39.6. The fourth-order valence-corrected chi connectivity index (χ4v) is 5.15. The average Bonchev–Trinajstić information content (AvgIpc) is 3.24. The number of esters is 1. The minimum absolute atomic E-state index is 0.0709. The summed E-state index contributed by atoms with van der Waals surface area (Å²) < 4.78 is 11.1. The molecular weight excluding hydrogens is 520 g/mol. The highest BCUT2D eigenvalue weighted by atomic mass is 16.6. The first-order valence-corrected chi connectivity index (χ1v) is 13.9. The highest BCUT2D eigenvalue weighted by Gasteiger charge is 2.39. The van der Waals surface area contributed by atoms with Crippen LogP contribution in [0.5, 0.6) is 0 Å². The highest BCUT2D eigenvalue weighted by Crippen LogP contribution is 2.44. The van der Waals surface area contributed by atoms with E-state index in [2.05, 4.69) is 17.4 Å². The van der Waals surface area contributed by atoms with Crippen LogP contribution in [-0.2, 0) is 25.5 Å². The van der Waals surface area contributed by atoms with E-state index in [1.54, 1.807) is 34.6 Å². The third-order valence-corrected chi connectivity index (χ3v) is 6.99. The molecule has 0 saturated heterocycles. The van der Waals surface area contributed by atoms with E-state index in [0.29, 0.717) is 5.06 Å². The van der Waals surface area contributed by atoms with Gasteiger partial charge >= 0.3 is 12.1 Å². The van der Waals surface area contributed by atoms with Gasteiger partial charge in [-0.15, -0.1) is 0 Å². The average molecular weight is 559 g/mol. The van der Waals surface area contributed by atoms with Crippen LogP contribution in [0.2, 0.25) is 0 Å². The second kappa shape index (κ2) is 12.6. The van der Waals surface area contributed by atoms with Gasteiger partial charge in [0.05, 0.1) is 0 Å². The second-order valence-corrected chi connectivity index (χ2v) is 11.6. The van der Waals surface area contributed by atoms with Gasteiger partial charge in [0, 0.05) is 12.3 Å². The van der Waals surface area contributed by atoms with Crippen molar-refractivity contribution in [3.8, 4) is 11.1 Å². The predicted molar refractivity (Wildman–Crippen MR) is 155 cm³/mol. The van der Waals surface area contributed by atoms with Crippen molar-refractivity contribution in [1.82, 2.24) is 10.4 Å². The maximum Gasteiger partial charge on any atom is 0.407 e. The van der Waals surface area contributed by atoms with Crippen molar-refractivity contribution in [2.24, 2.45) is 5.92 Å². The Kier molecular flexibility index (Phi) is 9.13. The molecule has 216 valence electrons. The molecule has 8 nitrogen and oxygen atoms in total. The van der Waals surface area contributed by atoms with Crippen molar-refractivity contribution in [3.63, 3.8) is 0 Å². The quantitative estimate of drug-likeness (QED) is 0.198. The molecule has 0 fully saturated rings. The Labute approximate surface area is 241 Å². The third kappa shape index (κ3) is 7.13. The van der Waals surface area contributed by atoms with Gasteiger partial charge < -0.3 is 14.8 Å². The number of ether oxygens (including phenoxy) is 2. The van der Waals surface area contributed by atoms with Crippen LogP contribution in [-0.4, -0.2) is 52.5 Å². The van der Waals surface area contributed by atoms with Crippen molar-refractivity contribution in [3.05, 3.63) is 95.6 Å². The minimum Gasteiger partial charge on any atom is -0.458 e.